The molecule has 1 aromatic heterocycles. The molecular formula is C43H64N4O12. The van der Waals surface area contributed by atoms with Crippen LogP contribution in [-0.2, 0) is 42.8 Å². The van der Waals surface area contributed by atoms with E-state index in [-0.39, 0.29) is 37.3 Å². The average molecular weight is 829 g/mol. The highest BCUT2D eigenvalue weighted by atomic mass is 16.7. The quantitative estimate of drug-likeness (QED) is 0.168. The predicted octanol–water partition coefficient (Wildman–Crippen LogP) is 4.58. The van der Waals surface area contributed by atoms with Gasteiger partial charge in [0.25, 0.3) is 0 Å². The maximum Gasteiger partial charge on any atom is 0.408 e. The first-order valence-corrected chi connectivity index (χ1v) is 20.5. The van der Waals surface area contributed by atoms with Crippen molar-refractivity contribution < 1.29 is 57.5 Å². The van der Waals surface area contributed by atoms with Crippen molar-refractivity contribution in [2.75, 3.05) is 20.6 Å². The highest BCUT2D eigenvalue weighted by molar-refractivity contribution is 5.85. The fraction of sp³-hybridized carbons (Fsp3) is 0.674. The molecule has 0 radical (unpaired) electrons. The van der Waals surface area contributed by atoms with Gasteiger partial charge in [-0.15, -0.1) is 0 Å². The molecule has 2 amide bonds. The molecule has 14 atom stereocenters. The number of carbonyl (C=O) groups excluding carboxylic acids is 5. The van der Waals surface area contributed by atoms with Gasteiger partial charge in [-0.1, -0.05) is 58.1 Å². The monoisotopic (exact) mass is 828 g/mol. The standard InChI is InChI=1S/C43H64N4O12/c1-12-32-43(9)36(46-41(53)59-43)26(4)33(49)24(2)22-42(8,58-40(52)45-20-15-13-14-17-30-18-16-19-44-23-30)37(27(5)34(50)28(6)38(51)56-32)57-39-35(55-29(7)48)31(47(10)11)21-25(3)54-39/h13-19,23-28,31-32,34-37,39,50H,12,20-22H2,1-11H3,(H,45,52)(H,46,53)/t24-,25-,26+,27+,28-,31+,32-,34+,35-,36-,37-,39+,42-,43-/m1/s1. The molecule has 3 aliphatic heterocycles. The second kappa shape index (κ2) is 20.3. The van der Waals surface area contributed by atoms with Crippen LogP contribution in [0.1, 0.15) is 87.1 Å². The number of rotatable bonds is 10. The molecule has 4 rings (SSSR count). The molecule has 0 aromatic carbocycles. The molecular weight excluding hydrogens is 764 g/mol. The zero-order valence-corrected chi connectivity index (χ0v) is 36.2. The number of pyridine rings is 1. The number of aromatic nitrogens is 1. The number of hydrogen-bond acceptors (Lipinski definition) is 14. The Morgan fingerprint density at radius 3 is 2.44 bits per heavy atom. The summed E-state index contributed by atoms with van der Waals surface area (Å²) in [6.45, 7) is 14.7. The number of likely N-dealkylation sites (N-methyl/N-ethyl adjacent to an activating group) is 1. The fourth-order valence-corrected chi connectivity index (χ4v) is 8.72. The van der Waals surface area contributed by atoms with Crippen molar-refractivity contribution in [2.45, 2.75) is 142 Å². The zero-order valence-electron chi connectivity index (χ0n) is 36.2. The van der Waals surface area contributed by atoms with Gasteiger partial charge in [-0.2, -0.15) is 0 Å². The van der Waals surface area contributed by atoms with Crippen LogP contribution in [0.4, 0.5) is 9.59 Å². The molecule has 59 heavy (non-hydrogen) atoms. The molecule has 3 aliphatic rings. The highest BCUT2D eigenvalue weighted by Crippen LogP contribution is 2.41. The van der Waals surface area contributed by atoms with Crippen LogP contribution in [0.25, 0.3) is 6.08 Å². The number of fused-ring (bicyclic) bond motifs is 1. The second-order valence-corrected chi connectivity index (χ2v) is 16.8. The lowest BCUT2D eigenvalue weighted by atomic mass is 9.73. The van der Waals surface area contributed by atoms with Crippen LogP contribution in [0.2, 0.25) is 0 Å². The lowest BCUT2D eigenvalue weighted by molar-refractivity contribution is -0.300. The van der Waals surface area contributed by atoms with Crippen molar-refractivity contribution in [3.05, 3.63) is 48.3 Å². The third-order valence-corrected chi connectivity index (χ3v) is 11.9. The Morgan fingerprint density at radius 2 is 1.81 bits per heavy atom. The summed E-state index contributed by atoms with van der Waals surface area (Å²) in [6, 6.07) is 2.48. The molecule has 3 fully saturated rings. The van der Waals surface area contributed by atoms with E-state index in [1.807, 2.05) is 44.1 Å². The Morgan fingerprint density at radius 1 is 1.10 bits per heavy atom. The average Bonchev–Trinajstić information content (AvgIpc) is 3.49. The summed E-state index contributed by atoms with van der Waals surface area (Å²) in [5, 5.41) is 17.6. The van der Waals surface area contributed by atoms with Gasteiger partial charge in [-0.25, -0.2) is 9.59 Å². The van der Waals surface area contributed by atoms with Gasteiger partial charge < -0.3 is 49.1 Å². The topological polar surface area (TPSA) is 201 Å². The van der Waals surface area contributed by atoms with E-state index in [1.54, 1.807) is 72.2 Å². The maximum absolute atomic E-state index is 14.5. The Hall–Kier alpha value is -4.38. The van der Waals surface area contributed by atoms with Crippen molar-refractivity contribution in [1.29, 1.82) is 0 Å². The van der Waals surface area contributed by atoms with Crippen LogP contribution in [0.5, 0.6) is 0 Å². The molecule has 16 nitrogen and oxygen atoms in total. The Balaban J connectivity index is 1.78. The summed E-state index contributed by atoms with van der Waals surface area (Å²) >= 11 is 0. The van der Waals surface area contributed by atoms with E-state index in [2.05, 4.69) is 15.6 Å². The number of esters is 2. The fourth-order valence-electron chi connectivity index (χ4n) is 8.72. The van der Waals surface area contributed by atoms with Crippen LogP contribution in [0.15, 0.2) is 42.8 Å². The van der Waals surface area contributed by atoms with E-state index in [0.29, 0.717) is 6.42 Å². The summed E-state index contributed by atoms with van der Waals surface area (Å²) < 4.78 is 37.0. The SMILES string of the molecule is CC[C@H]1OC(=O)[C@H](C)[C@@H](O)[C@H](C)[C@@H](O[C@@H]2O[C@H](C)C[C@H](N(C)C)[C@H]2OC(C)=O)[C@](C)(OC(=O)NCC=CC=Cc2cccnc2)C[C@@H](C)C(=O)[C@H](C)[C@H]2NC(=O)O[C@@]21C. The number of aliphatic hydroxyl groups is 1. The molecule has 328 valence electrons. The minimum Gasteiger partial charge on any atom is -0.458 e. The zero-order chi connectivity index (χ0) is 43.8. The van der Waals surface area contributed by atoms with Crippen molar-refractivity contribution in [3.63, 3.8) is 0 Å². The molecule has 3 N–H and O–H groups in total. The van der Waals surface area contributed by atoms with Crippen molar-refractivity contribution in [1.82, 2.24) is 20.5 Å². The second-order valence-electron chi connectivity index (χ2n) is 16.8. The Bertz CT molecular complexity index is 1690. The smallest absolute Gasteiger partial charge is 0.408 e. The highest BCUT2D eigenvalue weighted by Gasteiger charge is 2.58. The number of nitrogens with one attached hydrogen (secondary N) is 2. The molecule has 0 saturated carbocycles. The third-order valence-electron chi connectivity index (χ3n) is 11.9. The molecule has 1 aromatic rings. The van der Waals surface area contributed by atoms with E-state index in [0.717, 1.165) is 5.56 Å². The van der Waals surface area contributed by atoms with E-state index in [4.69, 9.17) is 28.4 Å². The number of nitrogens with zero attached hydrogens (tertiary/aromatic N) is 2. The number of alkyl carbamates (subject to hydrolysis) is 2. The normalized spacial score (nSPS) is 37.3. The van der Waals surface area contributed by atoms with E-state index in [1.165, 1.54) is 13.8 Å². The summed E-state index contributed by atoms with van der Waals surface area (Å²) in [4.78, 5) is 73.5. The first-order chi connectivity index (χ1) is 27.7. The number of hydrogen-bond donors (Lipinski definition) is 3. The van der Waals surface area contributed by atoms with Gasteiger partial charge in [0, 0.05) is 43.6 Å². The summed E-state index contributed by atoms with van der Waals surface area (Å²) in [5.74, 6) is -5.48. The summed E-state index contributed by atoms with van der Waals surface area (Å²) in [6.07, 6.45) is 3.28. The largest absolute Gasteiger partial charge is 0.458 e. The number of amides is 2. The molecule has 4 heterocycles. The molecule has 0 unspecified atom stereocenters. The van der Waals surface area contributed by atoms with E-state index >= 15 is 0 Å². The molecule has 0 spiro atoms. The van der Waals surface area contributed by atoms with Gasteiger partial charge in [0.1, 0.15) is 23.6 Å². The van der Waals surface area contributed by atoms with Gasteiger partial charge in [-0.3, -0.25) is 19.4 Å². The minimum absolute atomic E-state index is 0.0746. The Kier molecular flexibility index (Phi) is 16.2. The number of aliphatic hydroxyl groups excluding tert-OH is 1. The van der Waals surface area contributed by atoms with Crippen molar-refractivity contribution >= 4 is 36.0 Å². The van der Waals surface area contributed by atoms with E-state index in [9.17, 15) is 29.1 Å². The third kappa shape index (κ3) is 11.5. The first kappa shape index (κ1) is 47.3. The van der Waals surface area contributed by atoms with Crippen molar-refractivity contribution in [2.24, 2.45) is 23.7 Å². The van der Waals surface area contributed by atoms with Crippen LogP contribution in [0, 0.1) is 23.7 Å². The first-order valence-electron chi connectivity index (χ1n) is 20.5. The number of cyclic esters (lactones) is 1. The van der Waals surface area contributed by atoms with Crippen molar-refractivity contribution in [3.8, 4) is 0 Å². The van der Waals surface area contributed by atoms with Gasteiger partial charge in [0.2, 0.25) is 0 Å². The number of carbonyl (C=O) groups is 5. The van der Waals surface area contributed by atoms with Gasteiger partial charge in [0.15, 0.2) is 18.0 Å². The van der Waals surface area contributed by atoms with Gasteiger partial charge in [-0.05, 0) is 72.7 Å². The summed E-state index contributed by atoms with van der Waals surface area (Å²) in [7, 11) is 3.69. The summed E-state index contributed by atoms with van der Waals surface area (Å²) in [5.41, 5.74) is -2.23. The van der Waals surface area contributed by atoms with E-state index < -0.39 is 95.7 Å². The number of ether oxygens (including phenoxy) is 6. The number of allylic oxidation sites excluding steroid dienone is 2. The molecule has 0 bridgehead atoms. The lowest BCUT2D eigenvalue weighted by Gasteiger charge is -2.48. The minimum atomic E-state index is -1.71. The van der Waals surface area contributed by atoms with Crippen LogP contribution >= 0.6 is 0 Å². The number of Topliss-reactive ketones (excluding diaryl/α,β-unsaturated/α-hetero) is 1. The maximum atomic E-state index is 14.5. The molecule has 16 heteroatoms. The van der Waals surface area contributed by atoms with Gasteiger partial charge >= 0.3 is 24.1 Å². The number of ketones is 1. The van der Waals surface area contributed by atoms with Crippen LogP contribution in [0.3, 0.4) is 0 Å². The Labute approximate surface area is 347 Å². The van der Waals surface area contributed by atoms with Crippen LogP contribution < -0.4 is 10.6 Å². The predicted molar refractivity (Wildman–Crippen MR) is 216 cm³/mol. The van der Waals surface area contributed by atoms with Gasteiger partial charge in [0.05, 0.1) is 30.2 Å². The molecule has 3 saturated heterocycles. The lowest BCUT2D eigenvalue weighted by Crippen LogP contribution is -2.61. The molecule has 0 aliphatic carbocycles. The van der Waals surface area contributed by atoms with Crippen LogP contribution in [-0.4, -0.2) is 126 Å².